The Labute approximate surface area is 200 Å². The summed E-state index contributed by atoms with van der Waals surface area (Å²) < 4.78 is 0. The van der Waals surface area contributed by atoms with Crippen LogP contribution in [0.2, 0.25) is 0 Å². The molecular weight excluding hydrogens is 392 g/mol. The number of hydrogen-bond donors (Lipinski definition) is 4. The summed E-state index contributed by atoms with van der Waals surface area (Å²) in [5.74, 6) is 0. The van der Waals surface area contributed by atoms with Crippen LogP contribution in [0.15, 0.2) is 0 Å². The average Bonchev–Trinajstić information content (AvgIpc) is 2.77. The largest absolute Gasteiger partial charge is 0.313 e. The van der Waals surface area contributed by atoms with E-state index in [-0.39, 0.29) is 6.17 Å². The highest BCUT2D eigenvalue weighted by Gasteiger charge is 2.33. The van der Waals surface area contributed by atoms with Crippen LogP contribution in [0.5, 0.6) is 0 Å². The zero-order valence-corrected chi connectivity index (χ0v) is 21.7. The Bertz CT molecular complexity index is 419. The third-order valence-corrected chi connectivity index (χ3v) is 8.24. The molecule has 0 spiro atoms. The molecule has 0 radical (unpaired) electrons. The van der Waals surface area contributed by atoms with Gasteiger partial charge in [-0.2, -0.15) is 0 Å². The predicted molar refractivity (Wildman–Crippen MR) is 141 cm³/mol. The molecule has 2 rings (SSSR count). The van der Waals surface area contributed by atoms with E-state index in [1.807, 2.05) is 0 Å². The fourth-order valence-electron chi connectivity index (χ4n) is 5.83. The Morgan fingerprint density at radius 3 is 1.25 bits per heavy atom. The zero-order chi connectivity index (χ0) is 22.9. The molecule has 6 N–H and O–H groups in total. The molecule has 2 saturated carbocycles. The molecule has 0 heterocycles. The van der Waals surface area contributed by atoms with Crippen molar-refractivity contribution < 1.29 is 0 Å². The normalized spacial score (nSPS) is 26.0. The quantitative estimate of drug-likeness (QED) is 0.333. The number of nitrogens with two attached hydrogens (primary N) is 2. The highest BCUT2D eigenvalue weighted by molar-refractivity contribution is 4.93. The molecule has 2 fully saturated rings. The standard InChI is InChI=1S/C28H58N4/c1-2-28(30,32-26-23-19-15-11-7-4-8-12-16-20-24-26)27(29)31-25-21-17-13-9-5-3-6-10-14-18-22-25/h25-27,31-32H,2-24,29-30H2,1H3. The van der Waals surface area contributed by atoms with Crippen molar-refractivity contribution in [3.63, 3.8) is 0 Å². The molecule has 0 aromatic carbocycles. The summed E-state index contributed by atoms with van der Waals surface area (Å²) in [6, 6.07) is 1.01. The molecule has 0 aliphatic heterocycles. The van der Waals surface area contributed by atoms with Gasteiger partial charge in [-0.3, -0.25) is 10.6 Å². The van der Waals surface area contributed by atoms with Crippen molar-refractivity contribution in [2.45, 2.75) is 179 Å². The maximum absolute atomic E-state index is 6.98. The van der Waals surface area contributed by atoms with Crippen LogP contribution in [0.4, 0.5) is 0 Å². The second kappa shape index (κ2) is 17.3. The lowest BCUT2D eigenvalue weighted by Crippen LogP contribution is -2.72. The second-order valence-corrected chi connectivity index (χ2v) is 11.1. The average molecular weight is 451 g/mol. The molecule has 2 aliphatic carbocycles. The number of nitrogens with one attached hydrogen (secondary N) is 2. The molecule has 0 aromatic heterocycles. The monoisotopic (exact) mass is 450 g/mol. The Kier molecular flexibility index (Phi) is 15.2. The minimum Gasteiger partial charge on any atom is -0.313 e. The molecule has 32 heavy (non-hydrogen) atoms. The summed E-state index contributed by atoms with van der Waals surface area (Å²) >= 11 is 0. The van der Waals surface area contributed by atoms with Crippen LogP contribution >= 0.6 is 0 Å². The van der Waals surface area contributed by atoms with Gasteiger partial charge in [-0.15, -0.1) is 0 Å². The van der Waals surface area contributed by atoms with Crippen molar-refractivity contribution in [3.8, 4) is 0 Å². The minimum atomic E-state index is -0.522. The Morgan fingerprint density at radius 1 is 0.594 bits per heavy atom. The van der Waals surface area contributed by atoms with Crippen LogP contribution in [0.25, 0.3) is 0 Å². The van der Waals surface area contributed by atoms with E-state index in [1.165, 1.54) is 141 Å². The van der Waals surface area contributed by atoms with Crippen molar-refractivity contribution in [1.29, 1.82) is 0 Å². The summed E-state index contributed by atoms with van der Waals surface area (Å²) in [6.45, 7) is 2.20. The van der Waals surface area contributed by atoms with Crippen molar-refractivity contribution in [2.24, 2.45) is 11.5 Å². The summed E-state index contributed by atoms with van der Waals surface area (Å²) in [5.41, 5.74) is 13.3. The fourth-order valence-corrected chi connectivity index (χ4v) is 5.83. The zero-order valence-electron chi connectivity index (χ0n) is 21.7. The SMILES string of the molecule is CCC(N)(NC1CCCCCCCCCCC1)C(N)NC1CCCCCCCCCCC1. The molecule has 2 atom stereocenters. The Morgan fingerprint density at radius 2 is 0.906 bits per heavy atom. The van der Waals surface area contributed by atoms with Crippen molar-refractivity contribution in [3.05, 3.63) is 0 Å². The molecule has 2 aliphatic rings. The summed E-state index contributed by atoms with van der Waals surface area (Å²) in [6.07, 6.45) is 30.6. The van der Waals surface area contributed by atoms with E-state index < -0.39 is 5.66 Å². The second-order valence-electron chi connectivity index (χ2n) is 11.1. The molecule has 0 aromatic rings. The molecule has 0 saturated heterocycles. The lowest BCUT2D eigenvalue weighted by atomic mass is 9.94. The first-order valence-corrected chi connectivity index (χ1v) is 14.7. The van der Waals surface area contributed by atoms with Crippen LogP contribution in [0, 0.1) is 0 Å². The molecule has 0 bridgehead atoms. The van der Waals surface area contributed by atoms with Gasteiger partial charge < -0.3 is 11.5 Å². The first kappa shape index (κ1) is 28.1. The highest BCUT2D eigenvalue weighted by Crippen LogP contribution is 2.21. The minimum absolute atomic E-state index is 0.188. The predicted octanol–water partition coefficient (Wildman–Crippen LogP) is 6.86. The number of hydrogen-bond acceptors (Lipinski definition) is 4. The first-order valence-electron chi connectivity index (χ1n) is 14.7. The van der Waals surface area contributed by atoms with Crippen molar-refractivity contribution in [1.82, 2.24) is 10.6 Å². The third-order valence-electron chi connectivity index (χ3n) is 8.24. The van der Waals surface area contributed by atoms with Gasteiger partial charge in [0.25, 0.3) is 0 Å². The van der Waals surface area contributed by atoms with Crippen molar-refractivity contribution >= 4 is 0 Å². The van der Waals surface area contributed by atoms with Crippen molar-refractivity contribution in [2.75, 3.05) is 0 Å². The Hall–Kier alpha value is -0.160. The number of rotatable bonds is 6. The van der Waals surface area contributed by atoms with Crippen LogP contribution < -0.4 is 22.1 Å². The van der Waals surface area contributed by atoms with Gasteiger partial charge in [0.2, 0.25) is 0 Å². The van der Waals surface area contributed by atoms with E-state index in [9.17, 15) is 0 Å². The van der Waals surface area contributed by atoms with E-state index in [4.69, 9.17) is 11.5 Å². The molecule has 4 heteroatoms. The third kappa shape index (κ3) is 11.8. The van der Waals surface area contributed by atoms with Gasteiger partial charge in [-0.05, 0) is 32.1 Å². The van der Waals surface area contributed by atoms with Crippen LogP contribution in [0.3, 0.4) is 0 Å². The van der Waals surface area contributed by atoms with Crippen LogP contribution in [0.1, 0.15) is 155 Å². The van der Waals surface area contributed by atoms with Gasteiger partial charge in [0.15, 0.2) is 0 Å². The fraction of sp³-hybridized carbons (Fsp3) is 1.00. The van der Waals surface area contributed by atoms with Gasteiger partial charge in [-0.1, -0.05) is 122 Å². The highest BCUT2D eigenvalue weighted by atomic mass is 15.2. The van der Waals surface area contributed by atoms with E-state index in [0.29, 0.717) is 12.1 Å². The molecule has 2 unspecified atom stereocenters. The van der Waals surface area contributed by atoms with Gasteiger partial charge >= 0.3 is 0 Å². The lowest BCUT2D eigenvalue weighted by Gasteiger charge is -2.41. The topological polar surface area (TPSA) is 76.1 Å². The van der Waals surface area contributed by atoms with Crippen LogP contribution in [-0.2, 0) is 0 Å². The molecule has 4 nitrogen and oxygen atoms in total. The molecule has 0 amide bonds. The van der Waals surface area contributed by atoms with Gasteiger partial charge in [0.1, 0.15) is 0 Å². The summed E-state index contributed by atoms with van der Waals surface area (Å²) in [4.78, 5) is 0. The maximum atomic E-state index is 6.98. The van der Waals surface area contributed by atoms with Gasteiger partial charge in [-0.25, -0.2) is 0 Å². The van der Waals surface area contributed by atoms with E-state index in [2.05, 4.69) is 17.6 Å². The first-order chi connectivity index (χ1) is 15.6. The Balaban J connectivity index is 1.89. The van der Waals surface area contributed by atoms with Gasteiger partial charge in [0.05, 0.1) is 11.8 Å². The van der Waals surface area contributed by atoms with E-state index in [0.717, 1.165) is 6.42 Å². The molecular formula is C28H58N4. The van der Waals surface area contributed by atoms with E-state index >= 15 is 0 Å². The van der Waals surface area contributed by atoms with Gasteiger partial charge in [0, 0.05) is 12.1 Å². The summed E-state index contributed by atoms with van der Waals surface area (Å²) in [7, 11) is 0. The molecule has 190 valence electrons. The maximum Gasteiger partial charge on any atom is 0.0952 e. The smallest absolute Gasteiger partial charge is 0.0952 e. The van der Waals surface area contributed by atoms with E-state index in [1.54, 1.807) is 0 Å². The van der Waals surface area contributed by atoms with Crippen LogP contribution in [-0.4, -0.2) is 23.9 Å². The lowest BCUT2D eigenvalue weighted by molar-refractivity contribution is 0.178. The summed E-state index contributed by atoms with van der Waals surface area (Å²) in [5, 5.41) is 7.69.